The Bertz CT molecular complexity index is 982. The van der Waals surface area contributed by atoms with Gasteiger partial charge in [0.1, 0.15) is 18.8 Å². The Labute approximate surface area is 195 Å². The fourth-order valence-electron chi connectivity index (χ4n) is 5.07. The number of nitrogens with zero attached hydrogens (tertiary/aromatic N) is 5. The lowest BCUT2D eigenvalue weighted by Crippen LogP contribution is -2.65. The first-order valence-electron chi connectivity index (χ1n) is 11.9. The molecular formula is C24H34N7O2+. The number of hydrogen-bond acceptors (Lipinski definition) is 7. The van der Waals surface area contributed by atoms with E-state index in [1.165, 1.54) is 5.56 Å². The van der Waals surface area contributed by atoms with E-state index < -0.39 is 0 Å². The number of guanidine groups is 2. The predicted octanol–water partition coefficient (Wildman–Crippen LogP) is 0.574. The Morgan fingerprint density at radius 1 is 1.18 bits per heavy atom. The summed E-state index contributed by atoms with van der Waals surface area (Å²) in [7, 11) is 4.19. The molecule has 0 aliphatic carbocycles. The van der Waals surface area contributed by atoms with Crippen LogP contribution in [0.4, 0.5) is 0 Å². The summed E-state index contributed by atoms with van der Waals surface area (Å²) < 4.78 is 6.01. The number of hydrogen-bond donors (Lipinski definition) is 2. The minimum absolute atomic E-state index is 0.0806. The molecule has 4 aliphatic heterocycles. The zero-order valence-electron chi connectivity index (χ0n) is 19.6. The zero-order valence-corrected chi connectivity index (χ0v) is 19.6. The van der Waals surface area contributed by atoms with E-state index in [4.69, 9.17) is 14.7 Å². The van der Waals surface area contributed by atoms with Gasteiger partial charge in [-0.1, -0.05) is 30.3 Å². The predicted molar refractivity (Wildman–Crippen MR) is 127 cm³/mol. The molecule has 176 valence electrons. The number of carbonyl (C=O) groups is 1. The van der Waals surface area contributed by atoms with Crippen LogP contribution in [0.1, 0.15) is 12.0 Å². The third kappa shape index (κ3) is 4.53. The molecule has 4 heterocycles. The highest BCUT2D eigenvalue weighted by atomic mass is 16.5. The zero-order chi connectivity index (χ0) is 22.8. The van der Waals surface area contributed by atoms with E-state index in [0.29, 0.717) is 42.6 Å². The minimum atomic E-state index is -0.0806. The van der Waals surface area contributed by atoms with Crippen LogP contribution in [0.2, 0.25) is 0 Å². The second kappa shape index (κ2) is 9.24. The van der Waals surface area contributed by atoms with Crippen molar-refractivity contribution in [1.82, 2.24) is 20.5 Å². The van der Waals surface area contributed by atoms with E-state index in [2.05, 4.69) is 58.9 Å². The molecule has 2 atom stereocenters. The summed E-state index contributed by atoms with van der Waals surface area (Å²) in [6.45, 7) is 6.22. The van der Waals surface area contributed by atoms with E-state index in [1.807, 2.05) is 6.07 Å². The number of aliphatic imine (C=N–C) groups is 2. The summed E-state index contributed by atoms with van der Waals surface area (Å²) in [5.74, 6) is 1.69. The van der Waals surface area contributed by atoms with Crippen molar-refractivity contribution in [3.8, 4) is 0 Å². The summed E-state index contributed by atoms with van der Waals surface area (Å²) in [6.07, 6.45) is 1.89. The topological polar surface area (TPSA) is 81.6 Å². The number of ether oxygens (including phenoxy) is 1. The molecule has 33 heavy (non-hydrogen) atoms. The molecule has 1 amide bonds. The van der Waals surface area contributed by atoms with Crippen molar-refractivity contribution in [3.63, 3.8) is 0 Å². The number of rotatable bonds is 6. The van der Waals surface area contributed by atoms with Gasteiger partial charge >= 0.3 is 5.96 Å². The molecule has 1 saturated heterocycles. The van der Waals surface area contributed by atoms with E-state index in [9.17, 15) is 4.79 Å². The highest BCUT2D eigenvalue weighted by Gasteiger charge is 2.50. The number of quaternary nitrogens is 1. The van der Waals surface area contributed by atoms with Gasteiger partial charge in [-0.3, -0.25) is 4.79 Å². The molecule has 0 aromatic heterocycles. The number of amides is 1. The van der Waals surface area contributed by atoms with Crippen LogP contribution in [0.3, 0.4) is 0 Å². The molecule has 9 heteroatoms. The van der Waals surface area contributed by atoms with Gasteiger partial charge in [-0.2, -0.15) is 15.0 Å². The van der Waals surface area contributed by atoms with E-state index in [-0.39, 0.29) is 11.8 Å². The average molecular weight is 453 g/mol. The Morgan fingerprint density at radius 2 is 1.97 bits per heavy atom. The lowest BCUT2D eigenvalue weighted by atomic mass is 9.86. The monoisotopic (exact) mass is 452 g/mol. The number of nitrogens with one attached hydrogen (secondary N) is 2. The van der Waals surface area contributed by atoms with Crippen molar-refractivity contribution < 1.29 is 14.1 Å². The van der Waals surface area contributed by atoms with E-state index in [0.717, 1.165) is 50.6 Å². The first kappa shape index (κ1) is 22.1. The molecule has 0 bridgehead atoms. The van der Waals surface area contributed by atoms with Crippen LogP contribution in [0, 0.1) is 5.92 Å². The summed E-state index contributed by atoms with van der Waals surface area (Å²) >= 11 is 0. The van der Waals surface area contributed by atoms with Gasteiger partial charge in [0.25, 0.3) is 11.9 Å². The number of fused-ring (bicyclic) bond motifs is 1. The second-order valence-corrected chi connectivity index (χ2v) is 9.54. The molecule has 0 spiro atoms. The largest absolute Gasteiger partial charge is 0.378 e. The fraction of sp³-hybridized carbons (Fsp3) is 0.542. The van der Waals surface area contributed by atoms with Gasteiger partial charge in [0.15, 0.2) is 0 Å². The van der Waals surface area contributed by atoms with Crippen molar-refractivity contribution in [3.05, 3.63) is 47.2 Å². The molecule has 2 unspecified atom stereocenters. The Kier molecular flexibility index (Phi) is 6.18. The van der Waals surface area contributed by atoms with Gasteiger partial charge in [-0.25, -0.2) is 0 Å². The second-order valence-electron chi connectivity index (χ2n) is 9.54. The van der Waals surface area contributed by atoms with Crippen molar-refractivity contribution in [2.24, 2.45) is 15.9 Å². The van der Waals surface area contributed by atoms with Crippen LogP contribution in [0.5, 0.6) is 0 Å². The third-order valence-corrected chi connectivity index (χ3v) is 6.86. The van der Waals surface area contributed by atoms with Crippen molar-refractivity contribution in [2.45, 2.75) is 12.8 Å². The highest BCUT2D eigenvalue weighted by Crippen LogP contribution is 2.33. The number of morpholine rings is 1. The normalized spacial score (nSPS) is 26.9. The molecule has 1 aromatic rings. The SMILES string of the molecule is CN(C)CCC[N+]12CC3=C(N=C1N=C(N1CCOCC1)N2)C(=O)NCC3Cc1ccccc1. The van der Waals surface area contributed by atoms with Crippen LogP contribution in [-0.4, -0.2) is 98.8 Å². The molecule has 9 nitrogen and oxygen atoms in total. The maximum absolute atomic E-state index is 12.8. The van der Waals surface area contributed by atoms with Crippen molar-refractivity contribution in [1.29, 1.82) is 0 Å². The molecule has 0 saturated carbocycles. The summed E-state index contributed by atoms with van der Waals surface area (Å²) in [5.41, 5.74) is 6.70. The number of benzene rings is 1. The lowest BCUT2D eigenvalue weighted by Gasteiger charge is -2.39. The van der Waals surface area contributed by atoms with Gasteiger partial charge in [0.2, 0.25) is 0 Å². The molecule has 5 rings (SSSR count). The maximum Gasteiger partial charge on any atom is 0.358 e. The highest BCUT2D eigenvalue weighted by molar-refractivity contribution is 6.02. The van der Waals surface area contributed by atoms with Crippen LogP contribution < -0.4 is 10.7 Å². The lowest BCUT2D eigenvalue weighted by molar-refractivity contribution is -0.870. The van der Waals surface area contributed by atoms with E-state index >= 15 is 0 Å². The minimum Gasteiger partial charge on any atom is -0.378 e. The summed E-state index contributed by atoms with van der Waals surface area (Å²) in [6, 6.07) is 10.5. The van der Waals surface area contributed by atoms with Crippen molar-refractivity contribution in [2.75, 3.05) is 66.6 Å². The summed E-state index contributed by atoms with van der Waals surface area (Å²) in [4.78, 5) is 27.1. The van der Waals surface area contributed by atoms with E-state index in [1.54, 1.807) is 0 Å². The number of carbonyl (C=O) groups excluding carboxylic acids is 1. The van der Waals surface area contributed by atoms with Crippen LogP contribution in [-0.2, 0) is 16.0 Å². The first-order valence-corrected chi connectivity index (χ1v) is 11.9. The molecule has 1 aromatic carbocycles. The molecule has 4 aliphatic rings. The smallest absolute Gasteiger partial charge is 0.358 e. The molecule has 0 radical (unpaired) electrons. The van der Waals surface area contributed by atoms with Crippen LogP contribution >= 0.6 is 0 Å². The van der Waals surface area contributed by atoms with Crippen LogP contribution in [0.25, 0.3) is 0 Å². The van der Waals surface area contributed by atoms with Gasteiger partial charge in [-0.05, 0) is 26.1 Å². The molecular weight excluding hydrogens is 418 g/mol. The quantitative estimate of drug-likeness (QED) is 0.617. The molecule has 2 N–H and O–H groups in total. The maximum atomic E-state index is 12.8. The summed E-state index contributed by atoms with van der Waals surface area (Å²) in [5, 5.41) is 3.06. The van der Waals surface area contributed by atoms with Gasteiger partial charge in [0, 0.05) is 44.1 Å². The standard InChI is InChI=1S/C24H33N7O2/c1-29(2)9-6-12-31-17-20-19(15-18-7-4-3-5-8-18)16-25-22(32)21(20)26-24(31)27-23(28-31)30-10-13-33-14-11-30/h3-5,7-8,19H,6,9-17H2,1-2H3,(H-,25,26,27,28,32)/p+1. The Hall–Kier alpha value is -2.75. The molecule has 1 fully saturated rings. The van der Waals surface area contributed by atoms with Gasteiger partial charge in [0.05, 0.1) is 13.2 Å². The third-order valence-electron chi connectivity index (χ3n) is 6.86. The first-order chi connectivity index (χ1) is 16.0. The Balaban J connectivity index is 1.46. The Morgan fingerprint density at radius 3 is 2.73 bits per heavy atom. The van der Waals surface area contributed by atoms with Gasteiger partial charge in [-0.15, -0.1) is 4.99 Å². The fourth-order valence-corrected chi connectivity index (χ4v) is 5.07. The van der Waals surface area contributed by atoms with Gasteiger partial charge < -0.3 is 19.9 Å². The van der Waals surface area contributed by atoms with Crippen LogP contribution in [0.15, 0.2) is 51.6 Å². The van der Waals surface area contributed by atoms with Crippen molar-refractivity contribution >= 4 is 17.8 Å². The average Bonchev–Trinajstić information content (AvgIpc) is 3.20.